The van der Waals surface area contributed by atoms with Gasteiger partial charge in [0.25, 0.3) is 6.33 Å². The third kappa shape index (κ3) is 6.49. The first kappa shape index (κ1) is 39.4. The van der Waals surface area contributed by atoms with Gasteiger partial charge in [-0.1, -0.05) is 153 Å². The highest BCUT2D eigenvalue weighted by molar-refractivity contribution is 6.12. The van der Waals surface area contributed by atoms with E-state index in [9.17, 15) is 0 Å². The largest absolute Gasteiger partial charge is 0.458 e. The van der Waals surface area contributed by atoms with E-state index in [1.807, 2.05) is 12.3 Å². The Bertz CT molecular complexity index is 3940. The molecular formula is C62H43N5O. The molecule has 4 aromatic heterocycles. The number of imidazole rings is 1. The summed E-state index contributed by atoms with van der Waals surface area (Å²) in [7, 11) is 0. The van der Waals surface area contributed by atoms with E-state index in [0.29, 0.717) is 0 Å². The van der Waals surface area contributed by atoms with Crippen LogP contribution in [0.25, 0.3) is 99.8 Å². The van der Waals surface area contributed by atoms with Gasteiger partial charge in [-0.2, -0.15) is 0 Å². The zero-order valence-electron chi connectivity index (χ0n) is 37.3. The van der Waals surface area contributed by atoms with Crippen molar-refractivity contribution >= 4 is 54.6 Å². The number of hydrogen-bond acceptors (Lipinski definition) is 2. The van der Waals surface area contributed by atoms with E-state index in [0.717, 1.165) is 95.9 Å². The maximum Gasteiger partial charge on any atom is 0.269 e. The second-order valence-electron chi connectivity index (χ2n) is 17.3. The van der Waals surface area contributed by atoms with Gasteiger partial charge in [-0.25, -0.2) is 4.98 Å². The minimum atomic E-state index is 0.719. The molecule has 0 spiro atoms. The number of benzene rings is 9. The number of fused-ring (bicyclic) bond motifs is 7. The lowest BCUT2D eigenvalue weighted by atomic mass is 9.95. The van der Waals surface area contributed by atoms with Gasteiger partial charge in [-0.05, 0) is 107 Å². The monoisotopic (exact) mass is 873 g/mol. The topological polar surface area (TPSA) is 40.8 Å². The molecule has 9 aromatic carbocycles. The summed E-state index contributed by atoms with van der Waals surface area (Å²) >= 11 is 0. The van der Waals surface area contributed by atoms with Gasteiger partial charge in [-0.3, -0.25) is 13.7 Å². The van der Waals surface area contributed by atoms with E-state index in [1.54, 1.807) is 0 Å². The molecule has 0 aliphatic carbocycles. The number of hydrogen-bond donors (Lipinski definition) is 0. The Hall–Kier alpha value is -9.00. The summed E-state index contributed by atoms with van der Waals surface area (Å²) in [6.07, 6.45) is 6.64. The van der Waals surface area contributed by atoms with Crippen LogP contribution in [0.1, 0.15) is 12.5 Å². The molecule has 0 unspecified atom stereocenters. The molecule has 0 radical (unpaired) electrons. The van der Waals surface area contributed by atoms with Gasteiger partial charge in [-0.15, -0.1) is 0 Å². The van der Waals surface area contributed by atoms with Gasteiger partial charge in [0.05, 0.1) is 44.5 Å². The molecule has 0 bridgehead atoms. The zero-order chi connectivity index (χ0) is 45.1. The Balaban J connectivity index is 0.933. The van der Waals surface area contributed by atoms with E-state index in [-0.39, 0.29) is 0 Å². The Kier molecular flexibility index (Phi) is 9.35. The third-order valence-corrected chi connectivity index (χ3v) is 13.3. The van der Waals surface area contributed by atoms with E-state index in [1.165, 1.54) is 27.4 Å². The van der Waals surface area contributed by atoms with Crippen LogP contribution < -0.4 is 9.30 Å². The lowest BCUT2D eigenvalue weighted by Gasteiger charge is -2.17. The van der Waals surface area contributed by atoms with Crippen molar-refractivity contribution < 1.29 is 9.30 Å². The number of nitrogens with zero attached hydrogens (tertiary/aromatic N) is 5. The fraction of sp³-hybridized carbons (Fsp3) is 0.0323. The van der Waals surface area contributed by atoms with Crippen LogP contribution in [0.2, 0.25) is 0 Å². The predicted octanol–water partition coefficient (Wildman–Crippen LogP) is 15.0. The first-order chi connectivity index (χ1) is 33.7. The van der Waals surface area contributed by atoms with Gasteiger partial charge < -0.3 is 9.30 Å². The number of rotatable bonds is 9. The highest BCUT2D eigenvalue weighted by Crippen LogP contribution is 2.39. The molecule has 0 saturated heterocycles. The molecule has 68 heavy (non-hydrogen) atoms. The maximum atomic E-state index is 6.84. The molecule has 6 heteroatoms. The van der Waals surface area contributed by atoms with Gasteiger partial charge in [0, 0.05) is 39.5 Å². The van der Waals surface area contributed by atoms with E-state index < -0.39 is 0 Å². The fourth-order valence-corrected chi connectivity index (χ4v) is 10.2. The summed E-state index contributed by atoms with van der Waals surface area (Å²) in [5, 5.41) is 4.75. The van der Waals surface area contributed by atoms with Crippen LogP contribution in [0, 0.1) is 6.33 Å². The van der Waals surface area contributed by atoms with Crippen LogP contribution in [0.3, 0.4) is 0 Å². The molecule has 322 valence electrons. The molecular weight excluding hydrogens is 831 g/mol. The van der Waals surface area contributed by atoms with Crippen molar-refractivity contribution in [2.24, 2.45) is 0 Å². The van der Waals surface area contributed by atoms with Crippen LogP contribution in [0.4, 0.5) is 0 Å². The SMILES string of the molecule is CCc1ccnc(-n2c3ccc(-n4c5ccccc5c5ccccc54)cc3c3ccc(Oc4cccc(-n5[c-][n+](-c6c(-c7ccccc7)cccc6-c6ccccc6)c6ccccc65)c4)cc32)c1. The van der Waals surface area contributed by atoms with E-state index >= 15 is 0 Å². The molecule has 13 aromatic rings. The second-order valence-corrected chi connectivity index (χ2v) is 17.3. The van der Waals surface area contributed by atoms with E-state index in [2.05, 4.69) is 250 Å². The minimum Gasteiger partial charge on any atom is -0.458 e. The predicted molar refractivity (Wildman–Crippen MR) is 277 cm³/mol. The van der Waals surface area contributed by atoms with Crippen LogP contribution in [0.15, 0.2) is 231 Å². The van der Waals surface area contributed by atoms with Crippen LogP contribution in [-0.2, 0) is 6.42 Å². The molecule has 13 rings (SSSR count). The zero-order valence-corrected chi connectivity index (χ0v) is 37.3. The number of aromatic nitrogens is 5. The van der Waals surface area contributed by atoms with Crippen molar-refractivity contribution in [3.05, 3.63) is 243 Å². The lowest BCUT2D eigenvalue weighted by molar-refractivity contribution is -0.571. The minimum absolute atomic E-state index is 0.719. The molecule has 6 nitrogen and oxygen atoms in total. The average molecular weight is 874 g/mol. The second kappa shape index (κ2) is 16.2. The van der Waals surface area contributed by atoms with Crippen molar-refractivity contribution in [1.82, 2.24) is 18.7 Å². The first-order valence-corrected chi connectivity index (χ1v) is 23.2. The molecule has 0 N–H and O–H groups in total. The Labute approximate surface area is 393 Å². The summed E-state index contributed by atoms with van der Waals surface area (Å²) < 4.78 is 15.9. The lowest BCUT2D eigenvalue weighted by Crippen LogP contribution is -2.31. The number of para-hydroxylation sites is 5. The maximum absolute atomic E-state index is 6.84. The van der Waals surface area contributed by atoms with Crippen LogP contribution in [-0.4, -0.2) is 18.7 Å². The Morgan fingerprint density at radius 1 is 0.456 bits per heavy atom. The van der Waals surface area contributed by atoms with Crippen molar-refractivity contribution in [1.29, 1.82) is 0 Å². The number of ether oxygens (including phenoxy) is 1. The summed E-state index contributed by atoms with van der Waals surface area (Å²) in [6.45, 7) is 2.18. The van der Waals surface area contributed by atoms with Crippen molar-refractivity contribution in [2.45, 2.75) is 13.3 Å². The molecule has 0 aliphatic heterocycles. The van der Waals surface area contributed by atoms with Crippen molar-refractivity contribution in [3.63, 3.8) is 0 Å². The highest BCUT2D eigenvalue weighted by atomic mass is 16.5. The molecule has 0 amide bonds. The molecule has 0 fully saturated rings. The van der Waals surface area contributed by atoms with E-state index in [4.69, 9.17) is 9.72 Å². The molecule has 0 atom stereocenters. The standard InChI is InChI=1S/C62H43N5O/c1-2-42-35-36-63-61(37-42)67-57-34-31-46(66-55-27-11-9-23-51(55)52-24-10-12-28-56(52)66)39-54(57)53-33-32-48(40-60(53)67)68-47-22-15-21-45(38-47)64-41-65(59-30-14-13-29-58(59)64)62-49(43-17-5-3-6-18-43)25-16-26-50(62)44-19-7-4-8-20-44/h3-40H,2H2,1H3. The molecule has 0 saturated carbocycles. The van der Waals surface area contributed by atoms with Crippen LogP contribution in [0.5, 0.6) is 11.5 Å². The van der Waals surface area contributed by atoms with Gasteiger partial charge in [0.1, 0.15) is 17.3 Å². The smallest absolute Gasteiger partial charge is 0.269 e. The average Bonchev–Trinajstić information content (AvgIpc) is 4.07. The van der Waals surface area contributed by atoms with Crippen molar-refractivity contribution in [2.75, 3.05) is 0 Å². The summed E-state index contributed by atoms with van der Waals surface area (Å²) in [5.74, 6) is 2.33. The summed E-state index contributed by atoms with van der Waals surface area (Å²) in [4.78, 5) is 4.95. The normalized spacial score (nSPS) is 11.7. The number of aryl methyl sites for hydroxylation is 1. The van der Waals surface area contributed by atoms with Gasteiger partial charge >= 0.3 is 0 Å². The Morgan fingerprint density at radius 2 is 1.07 bits per heavy atom. The number of pyridine rings is 1. The Morgan fingerprint density at radius 3 is 1.79 bits per heavy atom. The molecule has 4 heterocycles. The highest BCUT2D eigenvalue weighted by Gasteiger charge is 2.21. The van der Waals surface area contributed by atoms with Gasteiger partial charge in [0.15, 0.2) is 0 Å². The summed E-state index contributed by atoms with van der Waals surface area (Å²) in [5.41, 5.74) is 15.4. The third-order valence-electron chi connectivity index (χ3n) is 13.3. The summed E-state index contributed by atoms with van der Waals surface area (Å²) in [6, 6.07) is 79.4. The molecule has 0 aliphatic rings. The first-order valence-electron chi connectivity index (χ1n) is 23.2. The quantitative estimate of drug-likeness (QED) is 0.107. The van der Waals surface area contributed by atoms with Gasteiger partial charge in [0.2, 0.25) is 0 Å². The van der Waals surface area contributed by atoms with Crippen molar-refractivity contribution in [3.8, 4) is 56.6 Å². The van der Waals surface area contributed by atoms with Crippen LogP contribution >= 0.6 is 0 Å². The fourth-order valence-electron chi connectivity index (χ4n) is 10.2.